The normalized spacial score (nSPS) is 16.6. The van der Waals surface area contributed by atoms with Crippen LogP contribution in [-0.2, 0) is 4.74 Å². The predicted octanol–water partition coefficient (Wildman–Crippen LogP) is 3.79. The van der Waals surface area contributed by atoms with Crippen molar-refractivity contribution in [2.75, 3.05) is 18.4 Å². The Morgan fingerprint density at radius 3 is 2.67 bits per heavy atom. The van der Waals surface area contributed by atoms with Crippen molar-refractivity contribution in [1.82, 2.24) is 4.90 Å². The van der Waals surface area contributed by atoms with Gasteiger partial charge in [0.1, 0.15) is 16.9 Å². The Morgan fingerprint density at radius 2 is 2.00 bits per heavy atom. The van der Waals surface area contributed by atoms with E-state index in [0.29, 0.717) is 23.4 Å². The minimum Gasteiger partial charge on any atom is -0.457 e. The number of nitrogens with one attached hydrogen (secondary N) is 1. The Hall–Kier alpha value is -2.85. The zero-order valence-corrected chi connectivity index (χ0v) is 17.4. The molecule has 4 amide bonds. The van der Waals surface area contributed by atoms with Gasteiger partial charge in [0.25, 0.3) is 0 Å². The van der Waals surface area contributed by atoms with Gasteiger partial charge in [-0.1, -0.05) is 17.7 Å². The van der Waals surface area contributed by atoms with Crippen molar-refractivity contribution in [3.05, 3.63) is 40.7 Å². The first-order chi connectivity index (χ1) is 14.2. The van der Waals surface area contributed by atoms with Crippen LogP contribution in [-0.4, -0.2) is 42.1 Å². The molecule has 2 aromatic rings. The smallest absolute Gasteiger partial charge is 0.341 e. The average Bonchev–Trinajstić information content (AvgIpc) is 2.94. The van der Waals surface area contributed by atoms with Gasteiger partial charge in [0.15, 0.2) is 0 Å². The first kappa shape index (κ1) is 21.8. The number of rotatable bonds is 4. The number of urea groups is 2. The van der Waals surface area contributed by atoms with Gasteiger partial charge in [-0.25, -0.2) is 18.8 Å². The molecule has 1 saturated heterocycles. The van der Waals surface area contributed by atoms with Gasteiger partial charge >= 0.3 is 18.0 Å². The van der Waals surface area contributed by atoms with Crippen molar-refractivity contribution in [3.8, 4) is 10.4 Å². The number of esters is 1. The number of hydrogen-bond acceptors (Lipinski definition) is 5. The Labute approximate surface area is 180 Å². The number of ether oxygens (including phenoxy) is 1. The third kappa shape index (κ3) is 5.19. The van der Waals surface area contributed by atoms with E-state index in [2.05, 4.69) is 5.32 Å². The van der Waals surface area contributed by atoms with Gasteiger partial charge in [0, 0.05) is 11.4 Å². The highest BCUT2D eigenvalue weighted by Gasteiger charge is 2.26. The van der Waals surface area contributed by atoms with E-state index in [4.69, 9.17) is 27.8 Å². The van der Waals surface area contributed by atoms with Gasteiger partial charge in [-0.3, -0.25) is 5.32 Å². The topological polar surface area (TPSA) is 128 Å². The van der Waals surface area contributed by atoms with Crippen molar-refractivity contribution in [3.63, 3.8) is 0 Å². The number of likely N-dealkylation sites (tertiary alicyclic amines) is 1. The van der Waals surface area contributed by atoms with E-state index in [1.54, 1.807) is 0 Å². The standard InChI is InChI=1S/C19H20ClFN4O4S/c20-13-7-10(4-5-14(13)21)15-8-12(16(30-15)24-18(22)27)17(26)29-11-3-1-2-6-25(9-11)19(23)28/h4-5,7-8,11H,1-3,6,9H2,(H2,23,28)(H3,22,24,27). The van der Waals surface area contributed by atoms with E-state index in [1.807, 2.05) is 0 Å². The molecule has 0 spiro atoms. The maximum absolute atomic E-state index is 13.5. The molecule has 0 aliphatic carbocycles. The lowest BCUT2D eigenvalue weighted by molar-refractivity contribution is 0.0242. The zero-order valence-electron chi connectivity index (χ0n) is 15.8. The summed E-state index contributed by atoms with van der Waals surface area (Å²) in [5, 5.41) is 2.54. The average molecular weight is 455 g/mol. The van der Waals surface area contributed by atoms with Gasteiger partial charge in [-0.15, -0.1) is 11.3 Å². The van der Waals surface area contributed by atoms with Crippen LogP contribution in [0.1, 0.15) is 29.6 Å². The van der Waals surface area contributed by atoms with Crippen LogP contribution < -0.4 is 16.8 Å². The molecule has 0 radical (unpaired) electrons. The number of amides is 4. The fourth-order valence-electron chi connectivity index (χ4n) is 3.15. The van der Waals surface area contributed by atoms with Gasteiger partial charge in [-0.05, 0) is 43.0 Å². The lowest BCUT2D eigenvalue weighted by atomic mass is 10.1. The highest BCUT2D eigenvalue weighted by atomic mass is 35.5. The minimum atomic E-state index is -0.844. The molecule has 1 fully saturated rings. The van der Waals surface area contributed by atoms with Crippen LogP contribution >= 0.6 is 22.9 Å². The van der Waals surface area contributed by atoms with Crippen molar-refractivity contribution in [1.29, 1.82) is 0 Å². The Kier molecular flexibility index (Phi) is 6.78. The van der Waals surface area contributed by atoms with E-state index in [0.717, 1.165) is 24.2 Å². The number of benzene rings is 1. The number of primary amides is 2. The van der Waals surface area contributed by atoms with E-state index >= 15 is 0 Å². The Morgan fingerprint density at radius 1 is 1.23 bits per heavy atom. The van der Waals surface area contributed by atoms with Crippen molar-refractivity contribution in [2.45, 2.75) is 25.4 Å². The lowest BCUT2D eigenvalue weighted by Crippen LogP contribution is -2.41. The molecule has 8 nitrogen and oxygen atoms in total. The van der Waals surface area contributed by atoms with Crippen LogP contribution in [0.25, 0.3) is 10.4 Å². The second-order valence-corrected chi connectivity index (χ2v) is 8.24. The lowest BCUT2D eigenvalue weighted by Gasteiger charge is -2.22. The third-order valence-electron chi connectivity index (χ3n) is 4.61. The number of anilines is 1. The zero-order chi connectivity index (χ0) is 21.8. The predicted molar refractivity (Wildman–Crippen MR) is 112 cm³/mol. The number of thiophene rings is 1. The first-order valence-corrected chi connectivity index (χ1v) is 10.3. The molecular formula is C19H20ClFN4O4S. The summed E-state index contributed by atoms with van der Waals surface area (Å²) >= 11 is 6.92. The Balaban J connectivity index is 1.86. The summed E-state index contributed by atoms with van der Waals surface area (Å²) in [6.45, 7) is 0.704. The minimum absolute atomic E-state index is 0.0700. The monoisotopic (exact) mass is 454 g/mol. The van der Waals surface area contributed by atoms with E-state index in [-0.39, 0.29) is 22.1 Å². The molecule has 0 bridgehead atoms. The highest BCUT2D eigenvalue weighted by molar-refractivity contribution is 7.20. The molecule has 5 N–H and O–H groups in total. The van der Waals surface area contributed by atoms with E-state index in [1.165, 1.54) is 29.2 Å². The summed E-state index contributed by atoms with van der Waals surface area (Å²) in [4.78, 5) is 37.7. The van der Waals surface area contributed by atoms with Crippen molar-refractivity contribution >= 4 is 46.0 Å². The first-order valence-electron chi connectivity index (χ1n) is 9.15. The Bertz CT molecular complexity index is 983. The quantitative estimate of drug-likeness (QED) is 0.607. The van der Waals surface area contributed by atoms with Crippen molar-refractivity contribution < 1.29 is 23.5 Å². The summed E-state index contributed by atoms with van der Waals surface area (Å²) < 4.78 is 19.1. The number of hydrogen-bond donors (Lipinski definition) is 3. The van der Waals surface area contributed by atoms with Crippen LogP contribution in [0.3, 0.4) is 0 Å². The SMILES string of the molecule is NC(=O)Nc1sc(-c2ccc(F)c(Cl)c2)cc1C(=O)OC1CCCCN(C(N)=O)C1. The molecular weight excluding hydrogens is 435 g/mol. The summed E-state index contributed by atoms with van der Waals surface area (Å²) in [5.41, 5.74) is 11.2. The highest BCUT2D eigenvalue weighted by Crippen LogP contribution is 2.37. The molecule has 1 aliphatic heterocycles. The summed E-state index contributed by atoms with van der Waals surface area (Å²) in [5.74, 6) is -1.25. The van der Waals surface area contributed by atoms with Crippen LogP contribution in [0.4, 0.5) is 19.0 Å². The molecule has 30 heavy (non-hydrogen) atoms. The van der Waals surface area contributed by atoms with Gasteiger partial charge in [0.05, 0.1) is 17.1 Å². The molecule has 1 aromatic carbocycles. The molecule has 3 rings (SSSR count). The second kappa shape index (κ2) is 9.31. The maximum atomic E-state index is 13.5. The number of nitrogens with zero attached hydrogens (tertiary/aromatic N) is 1. The summed E-state index contributed by atoms with van der Waals surface area (Å²) in [6.07, 6.45) is 1.59. The van der Waals surface area contributed by atoms with Crippen LogP contribution in [0, 0.1) is 5.82 Å². The van der Waals surface area contributed by atoms with E-state index in [9.17, 15) is 18.8 Å². The molecule has 2 heterocycles. The number of carbonyl (C=O) groups excluding carboxylic acids is 3. The van der Waals surface area contributed by atoms with Gasteiger partial charge in [0.2, 0.25) is 0 Å². The molecule has 1 atom stereocenters. The molecule has 1 aliphatic rings. The molecule has 160 valence electrons. The van der Waals surface area contributed by atoms with Crippen LogP contribution in [0.15, 0.2) is 24.3 Å². The maximum Gasteiger partial charge on any atom is 0.341 e. The molecule has 11 heteroatoms. The van der Waals surface area contributed by atoms with Crippen molar-refractivity contribution in [2.24, 2.45) is 11.5 Å². The van der Waals surface area contributed by atoms with E-state index < -0.39 is 30.0 Å². The third-order valence-corrected chi connectivity index (χ3v) is 6.00. The van der Waals surface area contributed by atoms with Crippen LogP contribution in [0.2, 0.25) is 5.02 Å². The fourth-order valence-corrected chi connectivity index (χ4v) is 4.38. The summed E-state index contributed by atoms with van der Waals surface area (Å²) in [7, 11) is 0. The number of carbonyl (C=O) groups is 3. The number of halogens is 2. The molecule has 0 saturated carbocycles. The van der Waals surface area contributed by atoms with Gasteiger partial charge in [-0.2, -0.15) is 0 Å². The fraction of sp³-hybridized carbons (Fsp3) is 0.316. The largest absolute Gasteiger partial charge is 0.457 e. The second-order valence-electron chi connectivity index (χ2n) is 6.78. The van der Waals surface area contributed by atoms with Crippen LogP contribution in [0.5, 0.6) is 0 Å². The summed E-state index contributed by atoms with van der Waals surface area (Å²) in [6, 6.07) is 4.24. The van der Waals surface area contributed by atoms with Gasteiger partial charge < -0.3 is 21.1 Å². The molecule has 1 unspecified atom stereocenters. The molecule has 1 aromatic heterocycles. The number of nitrogens with two attached hydrogens (primary N) is 2.